The Morgan fingerprint density at radius 3 is 2.57 bits per heavy atom. The lowest BCUT2D eigenvalue weighted by Crippen LogP contribution is -2.22. The molecule has 0 saturated heterocycles. The fraction of sp³-hybridized carbons (Fsp3) is 0.167. The second-order valence-electron chi connectivity index (χ2n) is 7.56. The van der Waals surface area contributed by atoms with Crippen molar-refractivity contribution in [1.29, 1.82) is 0 Å². The highest BCUT2D eigenvalue weighted by atomic mass is 16.5. The van der Waals surface area contributed by atoms with Crippen LogP contribution in [0.3, 0.4) is 0 Å². The number of benzene rings is 3. The predicted molar refractivity (Wildman–Crippen MR) is 118 cm³/mol. The molecule has 1 aliphatic carbocycles. The van der Waals surface area contributed by atoms with E-state index in [1.165, 1.54) is 0 Å². The molecule has 0 bridgehead atoms. The zero-order valence-corrected chi connectivity index (χ0v) is 16.8. The Balaban J connectivity index is 1.78. The van der Waals surface area contributed by atoms with Gasteiger partial charge in [-0.2, -0.15) is 0 Å². The monoisotopic (exact) mass is 399 g/mol. The average molecular weight is 399 g/mol. The molecule has 0 aliphatic heterocycles. The number of carbonyl (C=O) groups excluding carboxylic acids is 1. The molecular weight excluding hydrogens is 378 g/mol. The van der Waals surface area contributed by atoms with Crippen molar-refractivity contribution in [3.05, 3.63) is 71.3 Å². The number of rotatable bonds is 5. The van der Waals surface area contributed by atoms with E-state index >= 15 is 0 Å². The molecule has 1 aromatic heterocycles. The highest BCUT2D eigenvalue weighted by Gasteiger charge is 2.33. The first-order chi connectivity index (χ1) is 14.6. The molecule has 6 heteroatoms. The van der Waals surface area contributed by atoms with E-state index in [9.17, 15) is 9.90 Å². The summed E-state index contributed by atoms with van der Waals surface area (Å²) in [4.78, 5) is 15.4. The van der Waals surface area contributed by atoms with Crippen LogP contribution in [0.4, 0.5) is 17.1 Å². The van der Waals surface area contributed by atoms with Crippen molar-refractivity contribution in [1.82, 2.24) is 5.16 Å². The lowest BCUT2D eigenvalue weighted by molar-refractivity contribution is 0.104. The number of aromatic nitrogens is 1. The topological polar surface area (TPSA) is 78.6 Å². The molecule has 0 spiro atoms. The average Bonchev–Trinajstić information content (AvgIpc) is 3.19. The van der Waals surface area contributed by atoms with Gasteiger partial charge >= 0.3 is 0 Å². The van der Waals surface area contributed by atoms with Gasteiger partial charge in [-0.25, -0.2) is 0 Å². The number of nitrogens with one attached hydrogen (secondary N) is 1. The van der Waals surface area contributed by atoms with Gasteiger partial charge in [0, 0.05) is 30.4 Å². The summed E-state index contributed by atoms with van der Waals surface area (Å²) in [5, 5.41) is 17.9. The third-order valence-corrected chi connectivity index (χ3v) is 5.56. The Labute approximate surface area is 173 Å². The van der Waals surface area contributed by atoms with Crippen LogP contribution in [0.15, 0.2) is 59.1 Å². The molecule has 3 aromatic carbocycles. The smallest absolute Gasteiger partial charge is 0.196 e. The maximum atomic E-state index is 13.5. The molecule has 4 aromatic rings. The second kappa shape index (κ2) is 7.00. The lowest BCUT2D eigenvalue weighted by Gasteiger charge is -2.23. The number of nitrogens with zero attached hydrogens (tertiary/aromatic N) is 2. The van der Waals surface area contributed by atoms with E-state index in [1.807, 2.05) is 73.5 Å². The number of hydrogen-bond donors (Lipinski definition) is 2. The predicted octanol–water partition coefficient (Wildman–Crippen LogP) is 4.52. The normalized spacial score (nSPS) is 12.2. The van der Waals surface area contributed by atoms with Gasteiger partial charge in [0.15, 0.2) is 11.5 Å². The van der Waals surface area contributed by atoms with Gasteiger partial charge in [0.25, 0.3) is 0 Å². The van der Waals surface area contributed by atoms with Gasteiger partial charge in [-0.1, -0.05) is 47.1 Å². The Kier molecular flexibility index (Phi) is 4.29. The van der Waals surface area contributed by atoms with Crippen LogP contribution in [-0.2, 0) is 0 Å². The number of aryl methyl sites for hydroxylation is 1. The van der Waals surface area contributed by atoms with Crippen molar-refractivity contribution in [2.75, 3.05) is 30.4 Å². The van der Waals surface area contributed by atoms with E-state index in [1.54, 1.807) is 0 Å². The highest BCUT2D eigenvalue weighted by molar-refractivity contribution is 6.28. The van der Waals surface area contributed by atoms with Crippen molar-refractivity contribution in [3.8, 4) is 11.3 Å². The van der Waals surface area contributed by atoms with Crippen LogP contribution in [0.2, 0.25) is 0 Å². The van der Waals surface area contributed by atoms with Crippen molar-refractivity contribution in [2.45, 2.75) is 6.92 Å². The minimum Gasteiger partial charge on any atom is -0.395 e. The van der Waals surface area contributed by atoms with E-state index in [0.717, 1.165) is 22.5 Å². The van der Waals surface area contributed by atoms with Crippen LogP contribution < -0.4 is 10.2 Å². The molecule has 0 amide bonds. The van der Waals surface area contributed by atoms with Crippen LogP contribution in [0.25, 0.3) is 22.2 Å². The zero-order chi connectivity index (χ0) is 20.8. The van der Waals surface area contributed by atoms with Crippen LogP contribution in [0, 0.1) is 6.92 Å². The number of fused-ring (bicyclic) bond motifs is 2. The van der Waals surface area contributed by atoms with Crippen LogP contribution in [-0.4, -0.2) is 36.2 Å². The van der Waals surface area contributed by atoms with E-state index in [4.69, 9.17) is 4.52 Å². The minimum atomic E-state index is -0.0581. The molecule has 150 valence electrons. The molecule has 30 heavy (non-hydrogen) atoms. The number of ketones is 1. The molecule has 6 nitrogen and oxygen atoms in total. The van der Waals surface area contributed by atoms with E-state index in [-0.39, 0.29) is 12.4 Å². The first-order valence-corrected chi connectivity index (χ1v) is 9.84. The maximum absolute atomic E-state index is 13.5. The molecular formula is C24H21N3O3. The summed E-state index contributed by atoms with van der Waals surface area (Å²) >= 11 is 0. The van der Waals surface area contributed by atoms with Gasteiger partial charge in [0.2, 0.25) is 0 Å². The van der Waals surface area contributed by atoms with Gasteiger partial charge in [-0.3, -0.25) is 4.79 Å². The molecule has 0 atom stereocenters. The summed E-state index contributed by atoms with van der Waals surface area (Å²) in [7, 11) is 1.89. The SMILES string of the molecule is Cc1ccc(Nc2cc(N(C)CCO)c3noc4c3c2C(=O)c2ccccc2-4)cc1. The number of anilines is 3. The first kappa shape index (κ1) is 18.4. The summed E-state index contributed by atoms with van der Waals surface area (Å²) < 4.78 is 5.74. The number of carbonyl (C=O) groups is 1. The van der Waals surface area contributed by atoms with Gasteiger partial charge in [0.1, 0.15) is 5.52 Å². The standard InChI is InChI=1S/C24H21N3O3/c1-14-7-9-15(10-8-14)25-18-13-19(27(2)11-12-28)22-21-20(18)23(29)16-5-3-4-6-17(16)24(21)30-26-22/h3-10,13,25,28H,11-12H2,1-2H3. The summed E-state index contributed by atoms with van der Waals surface area (Å²) in [5.74, 6) is 0.540. The van der Waals surface area contributed by atoms with Crippen molar-refractivity contribution < 1.29 is 14.4 Å². The second-order valence-corrected chi connectivity index (χ2v) is 7.56. The van der Waals surface area contributed by atoms with Crippen molar-refractivity contribution >= 4 is 33.7 Å². The highest BCUT2D eigenvalue weighted by Crippen LogP contribution is 2.46. The van der Waals surface area contributed by atoms with Gasteiger partial charge in [0.05, 0.1) is 28.9 Å². The quantitative estimate of drug-likeness (QED) is 0.452. The van der Waals surface area contributed by atoms with E-state index in [0.29, 0.717) is 40.0 Å². The number of aliphatic hydroxyl groups is 1. The van der Waals surface area contributed by atoms with Crippen LogP contribution in [0.1, 0.15) is 21.5 Å². The van der Waals surface area contributed by atoms with Crippen LogP contribution in [0.5, 0.6) is 0 Å². The van der Waals surface area contributed by atoms with E-state index < -0.39 is 0 Å². The molecule has 0 saturated carbocycles. The van der Waals surface area contributed by atoms with Crippen molar-refractivity contribution in [2.24, 2.45) is 0 Å². The number of hydrogen-bond acceptors (Lipinski definition) is 6. The molecule has 1 heterocycles. The third-order valence-electron chi connectivity index (χ3n) is 5.56. The number of aliphatic hydroxyl groups excluding tert-OH is 1. The van der Waals surface area contributed by atoms with Crippen LogP contribution >= 0.6 is 0 Å². The summed E-state index contributed by atoms with van der Waals surface area (Å²) in [6, 6.07) is 17.4. The molecule has 2 N–H and O–H groups in total. The molecule has 5 rings (SSSR count). The summed E-state index contributed by atoms with van der Waals surface area (Å²) in [6.07, 6.45) is 0. The lowest BCUT2D eigenvalue weighted by atomic mass is 9.86. The maximum Gasteiger partial charge on any atom is 0.196 e. The largest absolute Gasteiger partial charge is 0.395 e. The third kappa shape index (κ3) is 2.76. The Morgan fingerprint density at radius 1 is 1.10 bits per heavy atom. The van der Waals surface area contributed by atoms with Gasteiger partial charge in [-0.15, -0.1) is 0 Å². The fourth-order valence-corrected chi connectivity index (χ4v) is 3.99. The molecule has 0 unspecified atom stereocenters. The zero-order valence-electron chi connectivity index (χ0n) is 16.8. The summed E-state index contributed by atoms with van der Waals surface area (Å²) in [6.45, 7) is 2.48. The molecule has 1 aliphatic rings. The van der Waals surface area contributed by atoms with Crippen molar-refractivity contribution in [3.63, 3.8) is 0 Å². The van der Waals surface area contributed by atoms with Gasteiger partial charge in [-0.05, 0) is 25.1 Å². The number of likely N-dealkylation sites (N-methyl/N-ethyl adjacent to an activating group) is 1. The Morgan fingerprint density at radius 2 is 1.83 bits per heavy atom. The first-order valence-electron chi connectivity index (χ1n) is 9.84. The Bertz CT molecular complexity index is 1280. The Hall–Kier alpha value is -3.64. The van der Waals surface area contributed by atoms with Gasteiger partial charge < -0.3 is 19.8 Å². The minimum absolute atomic E-state index is 0.00689. The van der Waals surface area contributed by atoms with E-state index in [2.05, 4.69) is 10.5 Å². The summed E-state index contributed by atoms with van der Waals surface area (Å²) in [5.41, 5.74) is 6.06. The molecule has 0 radical (unpaired) electrons. The fourth-order valence-electron chi connectivity index (χ4n) is 3.99. The molecule has 0 fully saturated rings.